The molecule has 3 rings (SSSR count). The molecule has 1 aromatic heterocycles. The van der Waals surface area contributed by atoms with Crippen LogP contribution >= 0.6 is 0 Å². The Labute approximate surface area is 194 Å². The fourth-order valence-electron chi connectivity index (χ4n) is 3.20. The summed E-state index contributed by atoms with van der Waals surface area (Å²) < 4.78 is 37.8. The number of pyridine rings is 1. The van der Waals surface area contributed by atoms with Crippen molar-refractivity contribution in [3.8, 4) is 11.5 Å². The van der Waals surface area contributed by atoms with Crippen molar-refractivity contribution in [2.75, 3.05) is 25.5 Å². The Balaban J connectivity index is 1.73. The van der Waals surface area contributed by atoms with Crippen molar-refractivity contribution in [2.45, 2.75) is 25.3 Å². The maximum absolute atomic E-state index is 12.7. The minimum Gasteiger partial charge on any atom is -0.493 e. The molecule has 0 aliphatic carbocycles. The quantitative estimate of drug-likeness (QED) is 0.483. The monoisotopic (exact) mass is 469 g/mol. The van der Waals surface area contributed by atoms with Gasteiger partial charge in [0.15, 0.2) is 11.5 Å². The minimum absolute atomic E-state index is 0.152. The lowest BCUT2D eigenvalue weighted by molar-refractivity contribution is 0.102. The summed E-state index contributed by atoms with van der Waals surface area (Å²) >= 11 is 0. The molecule has 2 aromatic carbocycles. The van der Waals surface area contributed by atoms with Crippen molar-refractivity contribution in [1.29, 1.82) is 0 Å². The number of methoxy groups -OCH3 is 1. The van der Waals surface area contributed by atoms with E-state index in [4.69, 9.17) is 9.47 Å². The number of hydrogen-bond acceptors (Lipinski definition) is 6. The van der Waals surface area contributed by atoms with Crippen LogP contribution in [0.15, 0.2) is 71.9 Å². The summed E-state index contributed by atoms with van der Waals surface area (Å²) in [6, 6.07) is 14.7. The molecule has 0 bridgehead atoms. The van der Waals surface area contributed by atoms with Crippen LogP contribution in [0.4, 0.5) is 5.69 Å². The number of carbonyl (C=O) groups excluding carboxylic acids is 1. The average molecular weight is 470 g/mol. The smallest absolute Gasteiger partial charge is 0.255 e. The third-order valence-corrected chi connectivity index (χ3v) is 7.09. The number of nitrogens with zero attached hydrogens (tertiary/aromatic N) is 2. The number of carbonyl (C=O) groups is 1. The van der Waals surface area contributed by atoms with E-state index in [9.17, 15) is 13.2 Å². The number of amides is 1. The SMILES string of the molecule is CCN(CC)S(=O)(=O)c1ccc(C(=O)Nc2ccc(OC)c(OCc3ccncc3)c2)cc1. The summed E-state index contributed by atoms with van der Waals surface area (Å²) in [5.41, 5.74) is 1.80. The number of sulfonamides is 1. The Kier molecular flexibility index (Phi) is 8.02. The van der Waals surface area contributed by atoms with Gasteiger partial charge in [-0.25, -0.2) is 8.42 Å². The molecule has 1 amide bonds. The third-order valence-electron chi connectivity index (χ3n) is 5.02. The predicted molar refractivity (Wildman–Crippen MR) is 126 cm³/mol. The summed E-state index contributed by atoms with van der Waals surface area (Å²) in [6.45, 7) is 4.65. The molecule has 9 heteroatoms. The predicted octanol–water partition coefficient (Wildman–Crippen LogP) is 3.95. The molecule has 1 N–H and O–H groups in total. The molecule has 0 saturated heterocycles. The Bertz CT molecular complexity index is 1180. The second-order valence-electron chi connectivity index (χ2n) is 7.08. The van der Waals surface area contributed by atoms with Crippen molar-refractivity contribution in [3.63, 3.8) is 0 Å². The maximum atomic E-state index is 12.7. The molecule has 0 aliphatic heterocycles. The number of aromatic nitrogens is 1. The molecule has 0 spiro atoms. The molecule has 3 aromatic rings. The van der Waals surface area contributed by atoms with E-state index in [1.54, 1.807) is 51.6 Å². The number of nitrogens with one attached hydrogen (secondary N) is 1. The summed E-state index contributed by atoms with van der Waals surface area (Å²) in [5.74, 6) is 0.646. The highest BCUT2D eigenvalue weighted by Crippen LogP contribution is 2.31. The van der Waals surface area contributed by atoms with Gasteiger partial charge in [0.2, 0.25) is 10.0 Å². The zero-order valence-electron chi connectivity index (χ0n) is 18.8. The topological polar surface area (TPSA) is 97.8 Å². The van der Waals surface area contributed by atoms with Crippen molar-refractivity contribution in [3.05, 3.63) is 78.1 Å². The van der Waals surface area contributed by atoms with Gasteiger partial charge in [-0.05, 0) is 54.1 Å². The number of anilines is 1. The molecule has 8 nitrogen and oxygen atoms in total. The van der Waals surface area contributed by atoms with E-state index in [-0.39, 0.29) is 10.8 Å². The van der Waals surface area contributed by atoms with Crippen LogP contribution < -0.4 is 14.8 Å². The summed E-state index contributed by atoms with van der Waals surface area (Å²) in [5, 5.41) is 2.81. The van der Waals surface area contributed by atoms with Crippen molar-refractivity contribution in [2.24, 2.45) is 0 Å². The van der Waals surface area contributed by atoms with E-state index >= 15 is 0 Å². The Morgan fingerprint density at radius 2 is 1.64 bits per heavy atom. The van der Waals surface area contributed by atoms with Crippen LogP contribution in [0.25, 0.3) is 0 Å². The average Bonchev–Trinajstić information content (AvgIpc) is 2.84. The summed E-state index contributed by atoms with van der Waals surface area (Å²) in [6.07, 6.45) is 3.37. The summed E-state index contributed by atoms with van der Waals surface area (Å²) in [4.78, 5) is 16.9. The molecule has 0 aliphatic rings. The minimum atomic E-state index is -3.58. The van der Waals surface area contributed by atoms with Gasteiger partial charge >= 0.3 is 0 Å². The van der Waals surface area contributed by atoms with Crippen LogP contribution in [0, 0.1) is 0 Å². The fourth-order valence-corrected chi connectivity index (χ4v) is 4.66. The first-order valence-electron chi connectivity index (χ1n) is 10.5. The third kappa shape index (κ3) is 5.88. The Morgan fingerprint density at radius 1 is 0.970 bits per heavy atom. The Hall–Kier alpha value is -3.43. The van der Waals surface area contributed by atoms with Gasteiger partial charge in [0.05, 0.1) is 12.0 Å². The second-order valence-corrected chi connectivity index (χ2v) is 9.02. The highest BCUT2D eigenvalue weighted by atomic mass is 32.2. The molecule has 174 valence electrons. The van der Waals surface area contributed by atoms with Crippen LogP contribution in [0.3, 0.4) is 0 Å². The number of rotatable bonds is 10. The number of ether oxygens (including phenoxy) is 2. The standard InChI is InChI=1S/C24H27N3O5S/c1-4-27(5-2)33(29,30)21-9-6-19(7-10-21)24(28)26-20-8-11-22(31-3)23(16-20)32-17-18-12-14-25-15-13-18/h6-16H,4-5,17H2,1-3H3,(H,26,28). The maximum Gasteiger partial charge on any atom is 0.255 e. The van der Waals surface area contributed by atoms with Crippen LogP contribution in [0.2, 0.25) is 0 Å². The van der Waals surface area contributed by atoms with E-state index in [0.717, 1.165) is 5.56 Å². The first-order chi connectivity index (χ1) is 15.9. The molecule has 0 saturated carbocycles. The van der Waals surface area contributed by atoms with Crippen molar-refractivity contribution in [1.82, 2.24) is 9.29 Å². The molecule has 1 heterocycles. The van der Waals surface area contributed by atoms with Gasteiger partial charge < -0.3 is 14.8 Å². The molecular weight excluding hydrogens is 442 g/mol. The lowest BCUT2D eigenvalue weighted by Gasteiger charge is -2.18. The van der Waals surface area contributed by atoms with Gasteiger partial charge in [-0.3, -0.25) is 9.78 Å². The Morgan fingerprint density at radius 3 is 2.24 bits per heavy atom. The molecule has 0 atom stereocenters. The van der Waals surface area contributed by atoms with Gasteiger partial charge in [0.25, 0.3) is 5.91 Å². The molecule has 0 unspecified atom stereocenters. The number of hydrogen-bond donors (Lipinski definition) is 1. The van der Waals surface area contributed by atoms with E-state index in [2.05, 4.69) is 10.3 Å². The largest absolute Gasteiger partial charge is 0.493 e. The molecule has 0 radical (unpaired) electrons. The van der Waals surface area contributed by atoms with Gasteiger partial charge in [0.1, 0.15) is 6.61 Å². The van der Waals surface area contributed by atoms with E-state index in [1.807, 2.05) is 12.1 Å². The van der Waals surface area contributed by atoms with Crippen LogP contribution in [0.1, 0.15) is 29.8 Å². The van der Waals surface area contributed by atoms with Gasteiger partial charge in [-0.2, -0.15) is 4.31 Å². The highest BCUT2D eigenvalue weighted by Gasteiger charge is 2.21. The summed E-state index contributed by atoms with van der Waals surface area (Å²) in [7, 11) is -2.04. The van der Waals surface area contributed by atoms with Gasteiger partial charge in [0, 0.05) is 42.8 Å². The normalized spacial score (nSPS) is 11.3. The highest BCUT2D eigenvalue weighted by molar-refractivity contribution is 7.89. The van der Waals surface area contributed by atoms with Crippen molar-refractivity contribution >= 4 is 21.6 Å². The molecule has 0 fully saturated rings. The van der Waals surface area contributed by atoms with Gasteiger partial charge in [-0.15, -0.1) is 0 Å². The van der Waals surface area contributed by atoms with E-state index in [0.29, 0.717) is 42.4 Å². The molecule has 33 heavy (non-hydrogen) atoms. The first kappa shape index (κ1) is 24.2. The zero-order valence-corrected chi connectivity index (χ0v) is 19.6. The fraction of sp³-hybridized carbons (Fsp3) is 0.250. The zero-order chi connectivity index (χ0) is 23.8. The second kappa shape index (κ2) is 10.9. The molecular formula is C24H27N3O5S. The van der Waals surface area contributed by atoms with Crippen molar-refractivity contribution < 1.29 is 22.7 Å². The van der Waals surface area contributed by atoms with Crippen LogP contribution in [-0.4, -0.2) is 43.8 Å². The van der Waals surface area contributed by atoms with Gasteiger partial charge in [-0.1, -0.05) is 13.8 Å². The van der Waals surface area contributed by atoms with Crippen LogP contribution in [-0.2, 0) is 16.6 Å². The first-order valence-corrected chi connectivity index (χ1v) is 11.9. The lowest BCUT2D eigenvalue weighted by atomic mass is 10.2. The van der Waals surface area contributed by atoms with E-state index in [1.165, 1.54) is 28.6 Å². The lowest BCUT2D eigenvalue weighted by Crippen LogP contribution is -2.30. The van der Waals surface area contributed by atoms with E-state index < -0.39 is 10.0 Å². The number of benzene rings is 2. The van der Waals surface area contributed by atoms with Crippen LogP contribution in [0.5, 0.6) is 11.5 Å².